The first-order valence-corrected chi connectivity index (χ1v) is 24.3. The quantitative estimate of drug-likeness (QED) is 0.0325. The normalized spacial score (nSPS) is 13.6. The summed E-state index contributed by atoms with van der Waals surface area (Å²) in [5, 5.41) is 24.8. The monoisotopic (exact) mass is 1070 g/mol. The molecule has 22 nitrogen and oxygen atoms in total. The number of aromatic nitrogens is 1. The molecule has 10 amide bonds. The number of nitrogens with zero attached hydrogens (tertiary/aromatic N) is 3. The number of halogens is 2. The van der Waals surface area contributed by atoms with E-state index in [1.165, 1.54) is 11.8 Å². The van der Waals surface area contributed by atoms with Gasteiger partial charge in [0, 0.05) is 61.3 Å². The van der Waals surface area contributed by atoms with Crippen LogP contribution in [0.4, 0.5) is 13.6 Å². The molecule has 0 spiro atoms. The van der Waals surface area contributed by atoms with E-state index in [0.29, 0.717) is 16.2 Å². The van der Waals surface area contributed by atoms with E-state index in [2.05, 4.69) is 31.9 Å². The second kappa shape index (κ2) is 27.7. The molecule has 4 aromatic rings. The smallest absolute Gasteiger partial charge is 0.408 e. The Kier molecular flexibility index (Phi) is 21.2. The van der Waals surface area contributed by atoms with Crippen LogP contribution in [0, 0.1) is 17.0 Å². The van der Waals surface area contributed by atoms with Crippen molar-refractivity contribution in [3.05, 3.63) is 132 Å². The number of alkyl carbamates (subject to hydrolysis) is 1. The van der Waals surface area contributed by atoms with Gasteiger partial charge in [0.05, 0.1) is 19.0 Å². The molecule has 1 aliphatic rings. The first-order chi connectivity index (χ1) is 36.5. The molecular formula is C53H62F2N10O12. The number of hydrogen-bond acceptors (Lipinski definition) is 12. The van der Waals surface area contributed by atoms with Crippen molar-refractivity contribution in [2.24, 2.45) is 11.1 Å². The average Bonchev–Trinajstić information content (AvgIpc) is 3.94. The number of carbonyl (C=O) groups excluding carboxylic acids is 10. The molecule has 24 heteroatoms. The van der Waals surface area contributed by atoms with Gasteiger partial charge in [0.1, 0.15) is 49.5 Å². The highest BCUT2D eigenvalue weighted by atomic mass is 19.1. The van der Waals surface area contributed by atoms with Crippen molar-refractivity contribution in [2.75, 3.05) is 39.3 Å². The molecule has 0 saturated heterocycles. The van der Waals surface area contributed by atoms with Crippen molar-refractivity contribution in [3.63, 3.8) is 0 Å². The first-order valence-electron chi connectivity index (χ1n) is 24.3. The molecule has 1 aliphatic heterocycles. The first kappa shape index (κ1) is 59.1. The molecule has 3 aromatic carbocycles. The van der Waals surface area contributed by atoms with Gasteiger partial charge in [-0.25, -0.2) is 13.6 Å². The van der Waals surface area contributed by atoms with Gasteiger partial charge in [-0.1, -0.05) is 81.4 Å². The number of aliphatic hydroxyl groups excluding tert-OH is 1. The minimum atomic E-state index is -1.70. The highest BCUT2D eigenvalue weighted by molar-refractivity contribution is 6.14. The van der Waals surface area contributed by atoms with Gasteiger partial charge in [-0.05, 0) is 54.2 Å². The standard InChI is InChI=1S/C53H62F2N10O12/c1-32(60-52(76)77-31-34-13-9-6-10-14-34)50(74)59-26-43(68)62-40(49(56)73)25-42(67)61-39(51(75)58-21-20-57-44(69)29-65-45(70)17-18-46(65)71)19-22-64(47(72)30-66)48(53(2,3)4)41-23-35(37-24-36(54)15-16-38(37)55)28-63(41)27-33-11-7-5-8-12-33/h5-18,23-24,28,32,39-40,48,66H,19-22,25-27,29-31H2,1-4H3,(H2,56,73)(H,57,69)(H,58,75)(H,59,74)(H,60,76)(H,61,67)(H,62,68)/t32-,39-,40-,48-/m0/s1. The Morgan fingerprint density at radius 1 is 0.753 bits per heavy atom. The van der Waals surface area contributed by atoms with Gasteiger partial charge in [0.15, 0.2) is 0 Å². The van der Waals surface area contributed by atoms with Crippen molar-refractivity contribution in [1.29, 1.82) is 0 Å². The van der Waals surface area contributed by atoms with Gasteiger partial charge in [0.2, 0.25) is 41.4 Å². The second-order valence-corrected chi connectivity index (χ2v) is 18.9. The van der Waals surface area contributed by atoms with Gasteiger partial charge >= 0.3 is 6.09 Å². The predicted molar refractivity (Wildman–Crippen MR) is 273 cm³/mol. The molecular weight excluding hydrogens is 1010 g/mol. The van der Waals surface area contributed by atoms with Gasteiger partial charge in [0.25, 0.3) is 11.8 Å². The Morgan fingerprint density at radius 2 is 1.38 bits per heavy atom. The number of nitrogens with one attached hydrogen (secondary N) is 6. The maximum atomic E-state index is 15.3. The van der Waals surface area contributed by atoms with Gasteiger partial charge in [-0.2, -0.15) is 0 Å². The summed E-state index contributed by atoms with van der Waals surface area (Å²) in [5.41, 5.74) is 6.83. The zero-order valence-electron chi connectivity index (χ0n) is 42.8. The molecule has 4 atom stereocenters. The van der Waals surface area contributed by atoms with Crippen LogP contribution < -0.4 is 37.6 Å². The van der Waals surface area contributed by atoms with Crippen LogP contribution in [0.25, 0.3) is 11.1 Å². The van der Waals surface area contributed by atoms with Crippen LogP contribution in [0.15, 0.2) is 103 Å². The molecule has 0 aliphatic carbocycles. The Bertz CT molecular complexity index is 2820. The number of rotatable bonds is 26. The summed E-state index contributed by atoms with van der Waals surface area (Å²) in [6.07, 6.45) is 1.51. The summed E-state index contributed by atoms with van der Waals surface area (Å²) in [6, 6.07) is 17.1. The molecule has 5 rings (SSSR count). The average molecular weight is 1070 g/mol. The van der Waals surface area contributed by atoms with Gasteiger partial charge in [-0.3, -0.25) is 48.1 Å². The molecule has 0 unspecified atom stereocenters. The zero-order chi connectivity index (χ0) is 56.4. The lowest BCUT2D eigenvalue weighted by molar-refractivity contribution is -0.141. The lowest BCUT2D eigenvalue weighted by Crippen LogP contribution is -2.54. The number of nitrogens with two attached hydrogens (primary N) is 1. The Hall–Kier alpha value is -8.80. The van der Waals surface area contributed by atoms with Crippen LogP contribution in [0.2, 0.25) is 0 Å². The van der Waals surface area contributed by atoms with Crippen LogP contribution in [0.3, 0.4) is 0 Å². The van der Waals surface area contributed by atoms with Crippen molar-refractivity contribution in [3.8, 4) is 11.1 Å². The maximum absolute atomic E-state index is 15.3. The third-order valence-corrected chi connectivity index (χ3v) is 11.9. The zero-order valence-corrected chi connectivity index (χ0v) is 42.8. The summed E-state index contributed by atoms with van der Waals surface area (Å²) in [4.78, 5) is 131. The molecule has 0 bridgehead atoms. The van der Waals surface area contributed by atoms with Gasteiger partial charge in [-0.15, -0.1) is 0 Å². The van der Waals surface area contributed by atoms with Crippen molar-refractivity contribution >= 4 is 59.3 Å². The summed E-state index contributed by atoms with van der Waals surface area (Å²) in [6.45, 7) is 3.69. The number of ether oxygens (including phenoxy) is 1. The summed E-state index contributed by atoms with van der Waals surface area (Å²) in [5.74, 6) is -9.15. The fourth-order valence-electron chi connectivity index (χ4n) is 8.17. The third kappa shape index (κ3) is 17.7. The summed E-state index contributed by atoms with van der Waals surface area (Å²) >= 11 is 0. The van der Waals surface area contributed by atoms with E-state index in [9.17, 15) is 57.4 Å². The van der Waals surface area contributed by atoms with Crippen LogP contribution in [-0.2, 0) is 61.0 Å². The Morgan fingerprint density at radius 3 is 2.00 bits per heavy atom. The molecule has 0 fully saturated rings. The molecule has 0 saturated carbocycles. The van der Waals surface area contributed by atoms with Crippen LogP contribution in [-0.4, -0.2) is 136 Å². The van der Waals surface area contributed by atoms with E-state index in [4.69, 9.17) is 10.5 Å². The maximum Gasteiger partial charge on any atom is 0.408 e. The van der Waals surface area contributed by atoms with E-state index in [1.807, 2.05) is 30.3 Å². The van der Waals surface area contributed by atoms with E-state index in [0.717, 1.165) is 35.9 Å². The highest BCUT2D eigenvalue weighted by Gasteiger charge is 2.38. The third-order valence-electron chi connectivity index (χ3n) is 11.9. The minimum absolute atomic E-state index is 0.0625. The number of amides is 10. The lowest BCUT2D eigenvalue weighted by Gasteiger charge is -2.41. The summed E-state index contributed by atoms with van der Waals surface area (Å²) < 4.78 is 36.8. The molecule has 9 N–H and O–H groups in total. The molecule has 0 radical (unpaired) electrons. The fraction of sp³-hybridized carbons (Fsp3) is 0.358. The van der Waals surface area contributed by atoms with E-state index >= 15 is 4.39 Å². The van der Waals surface area contributed by atoms with Crippen LogP contribution >= 0.6 is 0 Å². The van der Waals surface area contributed by atoms with Crippen LogP contribution in [0.5, 0.6) is 0 Å². The highest BCUT2D eigenvalue weighted by Crippen LogP contribution is 2.41. The number of benzene rings is 3. The molecule has 2 heterocycles. The predicted octanol–water partition coefficient (Wildman–Crippen LogP) is 1.21. The van der Waals surface area contributed by atoms with Crippen molar-refractivity contribution in [2.45, 2.75) is 77.9 Å². The Balaban J connectivity index is 1.34. The molecule has 1 aromatic heterocycles. The topological polar surface area (TPSA) is 310 Å². The molecule has 77 heavy (non-hydrogen) atoms. The minimum Gasteiger partial charge on any atom is -0.445 e. The fourth-order valence-corrected chi connectivity index (χ4v) is 8.17. The van der Waals surface area contributed by atoms with Gasteiger partial charge < -0.3 is 56.9 Å². The van der Waals surface area contributed by atoms with Crippen LogP contribution in [0.1, 0.15) is 63.4 Å². The lowest BCUT2D eigenvalue weighted by atomic mass is 9.82. The molecule has 410 valence electrons. The SMILES string of the molecule is C[C@H](NC(=O)OCc1ccccc1)C(=O)NCC(=O)N[C@@H](CC(=O)N[C@@H](CCN(C(=O)CO)[C@@H](c1cc(-c2cc(F)ccc2F)cn1Cc1ccccc1)C(C)(C)C)C(=O)NCCNC(=O)CN1C(=O)C=CC1=O)C(N)=O. The van der Waals surface area contributed by atoms with Crippen molar-refractivity contribution in [1.82, 2.24) is 46.3 Å². The van der Waals surface area contributed by atoms with E-state index in [1.54, 1.807) is 67.9 Å². The number of hydrogen-bond donors (Lipinski definition) is 8. The number of primary amides is 1. The summed E-state index contributed by atoms with van der Waals surface area (Å²) in [7, 11) is 0. The van der Waals surface area contributed by atoms with E-state index < -0.39 is 127 Å². The Labute approximate surface area is 442 Å². The van der Waals surface area contributed by atoms with E-state index in [-0.39, 0.29) is 50.3 Å². The number of imide groups is 1. The number of aliphatic hydroxyl groups is 1. The second-order valence-electron chi connectivity index (χ2n) is 18.9. The number of carbonyl (C=O) groups is 10. The van der Waals surface area contributed by atoms with Crippen molar-refractivity contribution < 1.29 is 66.6 Å². The largest absolute Gasteiger partial charge is 0.445 e.